The van der Waals surface area contributed by atoms with Gasteiger partial charge in [0.2, 0.25) is 0 Å². The summed E-state index contributed by atoms with van der Waals surface area (Å²) in [7, 11) is 0. The predicted molar refractivity (Wildman–Crippen MR) is 72.0 cm³/mol. The van der Waals surface area contributed by atoms with Crippen molar-refractivity contribution in [3.05, 3.63) is 63.6 Å². The van der Waals surface area contributed by atoms with E-state index in [1.807, 2.05) is 0 Å². The maximum atomic E-state index is 8.78. The third-order valence-electron chi connectivity index (χ3n) is 2.37. The fourth-order valence-electron chi connectivity index (χ4n) is 1.47. The van der Waals surface area contributed by atoms with Crippen molar-refractivity contribution in [2.75, 3.05) is 0 Å². The van der Waals surface area contributed by atoms with Crippen LogP contribution in [0.2, 0.25) is 10.0 Å². The van der Waals surface area contributed by atoms with Gasteiger partial charge in [0.05, 0.1) is 11.6 Å². The molecular weight excluding hydrogens is 269 g/mol. The molecular formula is C14H9Cl2NO. The normalized spacial score (nSPS) is 9.83. The third-order valence-corrected chi connectivity index (χ3v) is 2.97. The van der Waals surface area contributed by atoms with Crippen LogP contribution in [0.3, 0.4) is 0 Å². The van der Waals surface area contributed by atoms with E-state index in [0.29, 0.717) is 28.0 Å². The number of nitrogens with zero attached hydrogens (tertiary/aromatic N) is 1. The minimum absolute atomic E-state index is 0.314. The average Bonchev–Trinajstić information content (AvgIpc) is 2.40. The first-order valence-electron chi connectivity index (χ1n) is 5.26. The molecule has 0 atom stereocenters. The third kappa shape index (κ3) is 3.16. The monoisotopic (exact) mass is 277 g/mol. The molecule has 0 saturated carbocycles. The molecule has 0 aliphatic rings. The number of benzene rings is 2. The first-order chi connectivity index (χ1) is 8.69. The second-order valence-electron chi connectivity index (χ2n) is 3.66. The van der Waals surface area contributed by atoms with Crippen LogP contribution in [0.5, 0.6) is 5.75 Å². The first-order valence-corrected chi connectivity index (χ1v) is 6.01. The van der Waals surface area contributed by atoms with Crippen LogP contribution in [-0.2, 0) is 6.61 Å². The predicted octanol–water partition coefficient (Wildman–Crippen LogP) is 4.44. The topological polar surface area (TPSA) is 33.0 Å². The van der Waals surface area contributed by atoms with Crippen molar-refractivity contribution in [3.63, 3.8) is 0 Å². The van der Waals surface area contributed by atoms with Crippen LogP contribution in [0.15, 0.2) is 42.5 Å². The minimum Gasteiger partial charge on any atom is -0.489 e. The van der Waals surface area contributed by atoms with Gasteiger partial charge in [0.15, 0.2) is 0 Å². The molecule has 0 amide bonds. The lowest BCUT2D eigenvalue weighted by molar-refractivity contribution is 0.306. The Morgan fingerprint density at radius 2 is 1.94 bits per heavy atom. The van der Waals surface area contributed by atoms with Crippen molar-refractivity contribution >= 4 is 23.2 Å². The van der Waals surface area contributed by atoms with Gasteiger partial charge in [-0.1, -0.05) is 29.3 Å². The summed E-state index contributed by atoms with van der Waals surface area (Å²) in [6, 6.07) is 14.2. The summed E-state index contributed by atoms with van der Waals surface area (Å²) in [4.78, 5) is 0. The summed E-state index contributed by atoms with van der Waals surface area (Å²) in [6.07, 6.45) is 0. The minimum atomic E-state index is 0.314. The Labute approximate surface area is 115 Å². The molecule has 0 unspecified atom stereocenters. The summed E-state index contributed by atoms with van der Waals surface area (Å²) in [5.41, 5.74) is 1.37. The Kier molecular flexibility index (Phi) is 4.09. The van der Waals surface area contributed by atoms with Gasteiger partial charge in [0, 0.05) is 15.6 Å². The molecule has 2 nitrogen and oxygen atoms in total. The van der Waals surface area contributed by atoms with Crippen molar-refractivity contribution in [2.24, 2.45) is 0 Å². The molecule has 2 aromatic carbocycles. The summed E-state index contributed by atoms with van der Waals surface area (Å²) < 4.78 is 5.58. The zero-order chi connectivity index (χ0) is 13.0. The van der Waals surface area contributed by atoms with Crippen molar-refractivity contribution < 1.29 is 4.74 Å². The number of hydrogen-bond acceptors (Lipinski definition) is 2. The van der Waals surface area contributed by atoms with Crippen LogP contribution >= 0.6 is 23.2 Å². The van der Waals surface area contributed by atoms with E-state index in [2.05, 4.69) is 6.07 Å². The summed E-state index contributed by atoms with van der Waals surface area (Å²) in [5, 5.41) is 10.0. The molecule has 90 valence electrons. The fourth-order valence-corrected chi connectivity index (χ4v) is 1.84. The van der Waals surface area contributed by atoms with Crippen LogP contribution in [0, 0.1) is 11.3 Å². The number of hydrogen-bond donors (Lipinski definition) is 0. The molecule has 0 fully saturated rings. The van der Waals surface area contributed by atoms with E-state index in [1.54, 1.807) is 42.5 Å². The highest BCUT2D eigenvalue weighted by atomic mass is 35.5. The largest absolute Gasteiger partial charge is 0.489 e. The molecule has 18 heavy (non-hydrogen) atoms. The lowest BCUT2D eigenvalue weighted by Crippen LogP contribution is -1.96. The summed E-state index contributed by atoms with van der Waals surface area (Å²) in [6.45, 7) is 0.314. The number of rotatable bonds is 3. The number of nitriles is 1. The smallest absolute Gasteiger partial charge is 0.121 e. The Bertz CT molecular complexity index is 605. The van der Waals surface area contributed by atoms with Crippen molar-refractivity contribution in [1.82, 2.24) is 0 Å². The zero-order valence-electron chi connectivity index (χ0n) is 9.36. The molecule has 4 heteroatoms. The number of halogens is 2. The van der Waals surface area contributed by atoms with Gasteiger partial charge in [0.1, 0.15) is 12.4 Å². The van der Waals surface area contributed by atoms with Gasteiger partial charge in [-0.2, -0.15) is 5.26 Å². The quantitative estimate of drug-likeness (QED) is 0.831. The zero-order valence-corrected chi connectivity index (χ0v) is 10.9. The molecule has 2 aromatic rings. The van der Waals surface area contributed by atoms with Gasteiger partial charge in [-0.05, 0) is 36.4 Å². The van der Waals surface area contributed by atoms with Crippen LogP contribution in [0.1, 0.15) is 11.1 Å². The maximum absolute atomic E-state index is 8.78. The van der Waals surface area contributed by atoms with Crippen molar-refractivity contribution in [2.45, 2.75) is 6.61 Å². The molecule has 0 radical (unpaired) electrons. The Hall–Kier alpha value is -1.69. The van der Waals surface area contributed by atoms with Gasteiger partial charge >= 0.3 is 0 Å². The number of ether oxygens (including phenoxy) is 1. The van der Waals surface area contributed by atoms with E-state index in [-0.39, 0.29) is 0 Å². The molecule has 0 heterocycles. The fraction of sp³-hybridized carbons (Fsp3) is 0.0714. The average molecular weight is 278 g/mol. The Balaban J connectivity index is 2.11. The van der Waals surface area contributed by atoms with Crippen molar-refractivity contribution in [3.8, 4) is 11.8 Å². The highest BCUT2D eigenvalue weighted by molar-refractivity contribution is 6.33. The molecule has 0 saturated heterocycles. The van der Waals surface area contributed by atoms with Gasteiger partial charge in [0.25, 0.3) is 0 Å². The van der Waals surface area contributed by atoms with Gasteiger partial charge in [-0.25, -0.2) is 0 Å². The van der Waals surface area contributed by atoms with Gasteiger partial charge < -0.3 is 4.74 Å². The molecule has 0 aromatic heterocycles. The van der Waals surface area contributed by atoms with E-state index in [9.17, 15) is 0 Å². The molecule has 2 rings (SSSR count). The van der Waals surface area contributed by atoms with Crippen LogP contribution in [0.4, 0.5) is 0 Å². The van der Waals surface area contributed by atoms with Gasteiger partial charge in [-0.15, -0.1) is 0 Å². The van der Waals surface area contributed by atoms with Crippen LogP contribution in [-0.4, -0.2) is 0 Å². The maximum Gasteiger partial charge on any atom is 0.121 e. The second-order valence-corrected chi connectivity index (χ2v) is 4.51. The van der Waals surface area contributed by atoms with Crippen molar-refractivity contribution in [1.29, 1.82) is 5.26 Å². The summed E-state index contributed by atoms with van der Waals surface area (Å²) >= 11 is 11.9. The Morgan fingerprint density at radius 1 is 1.11 bits per heavy atom. The van der Waals surface area contributed by atoms with E-state index < -0.39 is 0 Å². The molecule has 0 aliphatic carbocycles. The van der Waals surface area contributed by atoms with E-state index in [0.717, 1.165) is 5.56 Å². The lowest BCUT2D eigenvalue weighted by atomic mass is 10.2. The van der Waals surface area contributed by atoms with E-state index in [1.165, 1.54) is 0 Å². The Morgan fingerprint density at radius 3 is 2.72 bits per heavy atom. The first kappa shape index (κ1) is 12.8. The second kappa shape index (κ2) is 5.77. The lowest BCUT2D eigenvalue weighted by Gasteiger charge is -2.08. The van der Waals surface area contributed by atoms with Crippen LogP contribution < -0.4 is 4.74 Å². The van der Waals surface area contributed by atoms with E-state index >= 15 is 0 Å². The standard InChI is InChI=1S/C14H9Cl2NO/c15-12-4-5-14(16)11(7-12)9-18-13-3-1-2-10(6-13)8-17/h1-7H,9H2. The highest BCUT2D eigenvalue weighted by Gasteiger charge is 2.03. The molecule has 0 aliphatic heterocycles. The van der Waals surface area contributed by atoms with E-state index in [4.69, 9.17) is 33.2 Å². The van der Waals surface area contributed by atoms with Crippen LogP contribution in [0.25, 0.3) is 0 Å². The van der Waals surface area contributed by atoms with Gasteiger partial charge in [-0.3, -0.25) is 0 Å². The molecule has 0 bridgehead atoms. The molecule has 0 spiro atoms. The summed E-state index contributed by atoms with van der Waals surface area (Å²) in [5.74, 6) is 0.630. The highest BCUT2D eigenvalue weighted by Crippen LogP contribution is 2.22. The molecule has 0 N–H and O–H groups in total. The SMILES string of the molecule is N#Cc1cccc(OCc2cc(Cl)ccc2Cl)c1.